The summed E-state index contributed by atoms with van der Waals surface area (Å²) in [6, 6.07) is 14.5. The second kappa shape index (κ2) is 5.68. The molecule has 0 fully saturated rings. The summed E-state index contributed by atoms with van der Waals surface area (Å²) in [6.45, 7) is 0. The molecule has 8 heteroatoms. The fourth-order valence-corrected chi connectivity index (χ4v) is 4.06. The minimum Gasteiger partial charge on any atom is -0.476 e. The summed E-state index contributed by atoms with van der Waals surface area (Å²) in [5.74, 6) is -1.59. The minimum atomic E-state index is -1.06. The zero-order valence-electron chi connectivity index (χ0n) is 13.7. The molecule has 0 aliphatic heterocycles. The molecular weight excluding hydrogens is 366 g/mol. The highest BCUT2D eigenvalue weighted by Crippen LogP contribution is 2.33. The third-order valence-corrected chi connectivity index (χ3v) is 5.16. The van der Waals surface area contributed by atoms with Gasteiger partial charge in [0.05, 0.1) is 11.2 Å². The molecule has 27 heavy (non-hydrogen) atoms. The van der Waals surface area contributed by atoms with E-state index in [9.17, 15) is 14.7 Å². The molecule has 5 rings (SSSR count). The van der Waals surface area contributed by atoms with Gasteiger partial charge in [0.15, 0.2) is 16.2 Å². The summed E-state index contributed by atoms with van der Waals surface area (Å²) in [5, 5.41) is 11.7. The van der Waals surface area contributed by atoms with E-state index in [4.69, 9.17) is 4.42 Å². The average molecular weight is 377 g/mol. The Morgan fingerprint density at radius 3 is 2.74 bits per heavy atom. The standard InChI is InChI=1S/C19H11N3O4S/c23-17(24)16-15(10-4-2-1-3-5-10)21-18-22(16)13(9-27-18)11-6-7-12-14(8-11)26-19(25)20-12/h1-9H,(H,20,25)(H,23,24). The van der Waals surface area contributed by atoms with E-state index < -0.39 is 11.7 Å². The first-order valence-electron chi connectivity index (χ1n) is 8.04. The molecule has 2 N–H and O–H groups in total. The van der Waals surface area contributed by atoms with Crippen molar-refractivity contribution in [3.05, 3.63) is 70.2 Å². The fraction of sp³-hybridized carbons (Fsp3) is 0. The smallest absolute Gasteiger partial charge is 0.417 e. The topological polar surface area (TPSA) is 101 Å². The van der Waals surface area contributed by atoms with Crippen molar-refractivity contribution in [2.45, 2.75) is 0 Å². The maximum Gasteiger partial charge on any atom is 0.417 e. The molecular formula is C19H11N3O4S. The molecule has 0 saturated carbocycles. The van der Waals surface area contributed by atoms with Crippen LogP contribution in [0.1, 0.15) is 10.5 Å². The summed E-state index contributed by atoms with van der Waals surface area (Å²) in [5.41, 5.74) is 3.67. The molecule has 0 atom stereocenters. The minimum absolute atomic E-state index is 0.100. The average Bonchev–Trinajstić information content (AvgIpc) is 3.33. The van der Waals surface area contributed by atoms with E-state index in [0.29, 0.717) is 27.4 Å². The van der Waals surface area contributed by atoms with Gasteiger partial charge >= 0.3 is 11.7 Å². The lowest BCUT2D eigenvalue weighted by Crippen LogP contribution is -2.04. The molecule has 0 aliphatic rings. The van der Waals surface area contributed by atoms with E-state index >= 15 is 0 Å². The van der Waals surface area contributed by atoms with Crippen LogP contribution in [0.15, 0.2) is 63.1 Å². The number of carbonyl (C=O) groups is 1. The van der Waals surface area contributed by atoms with Crippen LogP contribution < -0.4 is 5.76 Å². The number of nitrogens with zero attached hydrogens (tertiary/aromatic N) is 2. The van der Waals surface area contributed by atoms with Crippen LogP contribution in [-0.4, -0.2) is 25.4 Å². The van der Waals surface area contributed by atoms with E-state index in [1.54, 1.807) is 16.5 Å². The number of H-pyrrole nitrogens is 1. The molecule has 5 aromatic rings. The Morgan fingerprint density at radius 2 is 1.96 bits per heavy atom. The Labute approximate surface area is 155 Å². The van der Waals surface area contributed by atoms with Crippen LogP contribution in [0.4, 0.5) is 0 Å². The lowest BCUT2D eigenvalue weighted by Gasteiger charge is -2.04. The summed E-state index contributed by atoms with van der Waals surface area (Å²) in [6.07, 6.45) is 0. The van der Waals surface area contributed by atoms with Crippen molar-refractivity contribution < 1.29 is 14.3 Å². The van der Waals surface area contributed by atoms with Crippen molar-refractivity contribution in [2.24, 2.45) is 0 Å². The molecule has 0 aliphatic carbocycles. The highest BCUT2D eigenvalue weighted by molar-refractivity contribution is 7.15. The maximum absolute atomic E-state index is 12.0. The molecule has 132 valence electrons. The number of fused-ring (bicyclic) bond motifs is 2. The third-order valence-electron chi connectivity index (χ3n) is 4.33. The second-order valence-electron chi connectivity index (χ2n) is 5.94. The van der Waals surface area contributed by atoms with Crippen LogP contribution in [0.25, 0.3) is 38.6 Å². The maximum atomic E-state index is 12.0. The Hall–Kier alpha value is -3.65. The Kier molecular flexibility index (Phi) is 3.28. The highest BCUT2D eigenvalue weighted by atomic mass is 32.1. The Morgan fingerprint density at radius 1 is 1.15 bits per heavy atom. The quantitative estimate of drug-likeness (QED) is 0.497. The van der Waals surface area contributed by atoms with Gasteiger partial charge in [0.25, 0.3) is 0 Å². The van der Waals surface area contributed by atoms with Gasteiger partial charge in [-0.25, -0.2) is 14.6 Å². The van der Waals surface area contributed by atoms with Crippen molar-refractivity contribution in [3.8, 4) is 22.5 Å². The summed E-state index contributed by atoms with van der Waals surface area (Å²) < 4.78 is 6.75. The van der Waals surface area contributed by atoms with E-state index in [-0.39, 0.29) is 5.69 Å². The number of carboxylic acids is 1. The van der Waals surface area contributed by atoms with Gasteiger partial charge in [-0.1, -0.05) is 36.4 Å². The first kappa shape index (κ1) is 15.6. The number of aromatic amines is 1. The van der Waals surface area contributed by atoms with E-state index in [1.807, 2.05) is 41.8 Å². The molecule has 0 bridgehead atoms. The van der Waals surface area contributed by atoms with Gasteiger partial charge in [-0.15, -0.1) is 11.3 Å². The van der Waals surface area contributed by atoms with Gasteiger partial charge in [-0.3, -0.25) is 9.38 Å². The van der Waals surface area contributed by atoms with Crippen LogP contribution in [-0.2, 0) is 0 Å². The Bertz CT molecular complexity index is 1370. The molecule has 2 aromatic carbocycles. The van der Waals surface area contributed by atoms with Gasteiger partial charge in [0.1, 0.15) is 5.69 Å². The first-order valence-corrected chi connectivity index (χ1v) is 8.92. The van der Waals surface area contributed by atoms with Crippen LogP contribution in [0, 0.1) is 0 Å². The molecule has 0 radical (unpaired) electrons. The van der Waals surface area contributed by atoms with E-state index in [1.165, 1.54) is 11.3 Å². The van der Waals surface area contributed by atoms with Crippen molar-refractivity contribution in [3.63, 3.8) is 0 Å². The first-order chi connectivity index (χ1) is 13.1. The van der Waals surface area contributed by atoms with Crippen LogP contribution in [0.2, 0.25) is 0 Å². The third kappa shape index (κ3) is 2.38. The highest BCUT2D eigenvalue weighted by Gasteiger charge is 2.23. The van der Waals surface area contributed by atoms with Crippen LogP contribution >= 0.6 is 11.3 Å². The van der Waals surface area contributed by atoms with Crippen LogP contribution in [0.5, 0.6) is 0 Å². The lowest BCUT2D eigenvalue weighted by molar-refractivity contribution is 0.0690. The van der Waals surface area contributed by atoms with Gasteiger partial charge in [0.2, 0.25) is 0 Å². The number of oxazole rings is 1. The number of hydrogen-bond acceptors (Lipinski definition) is 5. The number of rotatable bonds is 3. The van der Waals surface area contributed by atoms with Crippen molar-refractivity contribution in [2.75, 3.05) is 0 Å². The monoisotopic (exact) mass is 377 g/mol. The van der Waals surface area contributed by atoms with Gasteiger partial charge in [-0.05, 0) is 12.1 Å². The number of hydrogen-bond donors (Lipinski definition) is 2. The number of nitrogens with one attached hydrogen (secondary N) is 1. The van der Waals surface area contributed by atoms with Gasteiger partial charge < -0.3 is 9.52 Å². The van der Waals surface area contributed by atoms with Crippen molar-refractivity contribution in [1.29, 1.82) is 0 Å². The number of thiazole rings is 1. The zero-order valence-corrected chi connectivity index (χ0v) is 14.5. The lowest BCUT2D eigenvalue weighted by atomic mass is 10.1. The predicted octanol–water partition coefficient (Wildman–Crippen LogP) is 3.86. The van der Waals surface area contributed by atoms with Crippen molar-refractivity contribution >= 4 is 33.4 Å². The number of benzene rings is 2. The molecule has 3 aromatic heterocycles. The van der Waals surface area contributed by atoms with Crippen molar-refractivity contribution in [1.82, 2.24) is 14.4 Å². The molecule has 7 nitrogen and oxygen atoms in total. The molecule has 0 unspecified atom stereocenters. The van der Waals surface area contributed by atoms with Gasteiger partial charge in [0, 0.05) is 16.5 Å². The zero-order chi connectivity index (χ0) is 18.5. The summed E-state index contributed by atoms with van der Waals surface area (Å²) in [4.78, 5) is 31.1. The van der Waals surface area contributed by atoms with E-state index in [0.717, 1.165) is 11.1 Å². The van der Waals surface area contributed by atoms with Gasteiger partial charge in [-0.2, -0.15) is 0 Å². The summed E-state index contributed by atoms with van der Waals surface area (Å²) in [7, 11) is 0. The molecule has 0 spiro atoms. The largest absolute Gasteiger partial charge is 0.476 e. The molecule has 0 amide bonds. The molecule has 3 heterocycles. The summed E-state index contributed by atoms with van der Waals surface area (Å²) >= 11 is 1.35. The van der Waals surface area contributed by atoms with Crippen LogP contribution in [0.3, 0.4) is 0 Å². The SMILES string of the molecule is O=C(O)c1c(-c2ccccc2)nc2scc(-c3ccc4[nH]c(=O)oc4c3)n12. The number of imidazole rings is 1. The Balaban J connectivity index is 1.79. The second-order valence-corrected chi connectivity index (χ2v) is 6.78. The predicted molar refractivity (Wildman–Crippen MR) is 101 cm³/mol. The molecule has 0 saturated heterocycles. The fourth-order valence-electron chi connectivity index (χ4n) is 3.16. The van der Waals surface area contributed by atoms with E-state index in [2.05, 4.69) is 9.97 Å². The number of carboxylic acid groups (broad SMARTS) is 1. The normalized spacial score (nSPS) is 11.4. The number of aromatic nitrogens is 3. The number of aromatic carboxylic acids is 1.